The fourth-order valence-electron chi connectivity index (χ4n) is 3.08. The van der Waals surface area contributed by atoms with Crippen LogP contribution < -0.4 is 0 Å². The van der Waals surface area contributed by atoms with E-state index in [4.69, 9.17) is 0 Å². The van der Waals surface area contributed by atoms with Crippen LogP contribution >= 0.6 is 0 Å². The lowest BCUT2D eigenvalue weighted by Crippen LogP contribution is -2.21. The predicted octanol–water partition coefficient (Wildman–Crippen LogP) is 3.94. The van der Waals surface area contributed by atoms with Crippen molar-refractivity contribution in [3.8, 4) is 5.69 Å². The van der Waals surface area contributed by atoms with Crippen LogP contribution in [0.25, 0.3) is 11.4 Å². The third kappa shape index (κ3) is 2.27. The zero-order valence-corrected chi connectivity index (χ0v) is 13.2. The molecule has 0 saturated carbocycles. The molecule has 0 N–H and O–H groups in total. The number of rotatable bonds is 3. The van der Waals surface area contributed by atoms with E-state index in [1.807, 2.05) is 6.20 Å². The maximum absolute atomic E-state index is 4.60. The number of hydrogen-bond donors (Lipinski definition) is 0. The van der Waals surface area contributed by atoms with Crippen LogP contribution in [-0.2, 0) is 13.0 Å². The average Bonchev–Trinajstić information content (AvgIpc) is 2.80. The van der Waals surface area contributed by atoms with Gasteiger partial charge < -0.3 is 4.90 Å². The first-order valence-electron chi connectivity index (χ1n) is 7.76. The van der Waals surface area contributed by atoms with Crippen LogP contribution in [0.1, 0.15) is 42.9 Å². The Balaban J connectivity index is 2.22. The molecule has 0 atom stereocenters. The summed E-state index contributed by atoms with van der Waals surface area (Å²) in [7, 11) is 0. The van der Waals surface area contributed by atoms with Crippen LogP contribution in [0.15, 0.2) is 31.0 Å². The summed E-state index contributed by atoms with van der Waals surface area (Å²) in [5.41, 5.74) is 6.10. The molecule has 1 aromatic heterocycles. The van der Waals surface area contributed by atoms with Gasteiger partial charge in [0.25, 0.3) is 0 Å². The number of nitrogens with zero attached hydrogens (tertiary/aromatic N) is 3. The van der Waals surface area contributed by atoms with Crippen LogP contribution in [0.2, 0.25) is 0 Å². The summed E-state index contributed by atoms with van der Waals surface area (Å²) < 4.78 is 2.27. The molecule has 2 heterocycles. The fourth-order valence-corrected chi connectivity index (χ4v) is 3.08. The van der Waals surface area contributed by atoms with Crippen LogP contribution in [0.4, 0.5) is 0 Å². The van der Waals surface area contributed by atoms with Gasteiger partial charge in [0.2, 0.25) is 0 Å². The first-order valence-corrected chi connectivity index (χ1v) is 7.76. The van der Waals surface area contributed by atoms with Gasteiger partial charge in [-0.25, -0.2) is 4.98 Å². The molecule has 0 bridgehead atoms. The van der Waals surface area contributed by atoms with Crippen molar-refractivity contribution in [3.63, 3.8) is 0 Å². The minimum atomic E-state index is 0.830. The first kappa shape index (κ1) is 13.9. The van der Waals surface area contributed by atoms with Crippen molar-refractivity contribution < 1.29 is 0 Å². The highest BCUT2D eigenvalue weighted by molar-refractivity contribution is 5.72. The van der Waals surface area contributed by atoms with E-state index in [0.717, 1.165) is 37.5 Å². The van der Waals surface area contributed by atoms with E-state index >= 15 is 0 Å². The predicted molar refractivity (Wildman–Crippen MR) is 87.4 cm³/mol. The van der Waals surface area contributed by atoms with Crippen LogP contribution in [-0.4, -0.2) is 21.0 Å². The molecule has 3 nitrogen and oxygen atoms in total. The molecular weight excluding hydrogens is 258 g/mol. The van der Waals surface area contributed by atoms with E-state index in [9.17, 15) is 0 Å². The van der Waals surface area contributed by atoms with Gasteiger partial charge >= 0.3 is 0 Å². The summed E-state index contributed by atoms with van der Waals surface area (Å²) in [4.78, 5) is 6.96. The molecule has 0 spiro atoms. The van der Waals surface area contributed by atoms with E-state index in [0.29, 0.717) is 0 Å². The Morgan fingerprint density at radius 3 is 2.81 bits per heavy atom. The third-order valence-electron chi connectivity index (χ3n) is 4.24. The number of imidazole rings is 1. The van der Waals surface area contributed by atoms with E-state index in [-0.39, 0.29) is 0 Å². The van der Waals surface area contributed by atoms with Crippen molar-refractivity contribution in [2.45, 2.75) is 40.2 Å². The highest BCUT2D eigenvalue weighted by atomic mass is 15.2. The second-order valence-electron chi connectivity index (χ2n) is 5.72. The van der Waals surface area contributed by atoms with Crippen molar-refractivity contribution in [1.82, 2.24) is 14.5 Å². The van der Waals surface area contributed by atoms with Gasteiger partial charge in [-0.15, -0.1) is 0 Å². The highest BCUT2D eigenvalue weighted by Gasteiger charge is 2.23. The molecule has 0 amide bonds. The largest absolute Gasteiger partial charge is 0.364 e. The Hall–Kier alpha value is -2.03. The Morgan fingerprint density at radius 1 is 1.29 bits per heavy atom. The van der Waals surface area contributed by atoms with Crippen molar-refractivity contribution in [2.75, 3.05) is 6.54 Å². The normalized spacial score (nSPS) is 13.9. The lowest BCUT2D eigenvalue weighted by atomic mass is 10.0. The van der Waals surface area contributed by atoms with E-state index in [1.54, 1.807) is 0 Å². The number of aryl methyl sites for hydroxylation is 2. The second kappa shape index (κ2) is 5.40. The van der Waals surface area contributed by atoms with E-state index < -0.39 is 0 Å². The minimum absolute atomic E-state index is 0.830. The molecular formula is C18H23N3. The van der Waals surface area contributed by atoms with Crippen molar-refractivity contribution in [3.05, 3.63) is 53.6 Å². The summed E-state index contributed by atoms with van der Waals surface area (Å²) in [5.74, 6) is 1.10. The summed E-state index contributed by atoms with van der Waals surface area (Å²) in [6.07, 6.45) is 4.12. The first-order chi connectivity index (χ1) is 10.2. The molecule has 0 unspecified atom stereocenters. The van der Waals surface area contributed by atoms with Crippen LogP contribution in [0.3, 0.4) is 0 Å². The molecule has 3 heteroatoms. The van der Waals surface area contributed by atoms with E-state index in [1.165, 1.54) is 22.5 Å². The molecule has 21 heavy (non-hydrogen) atoms. The molecule has 1 aliphatic heterocycles. The van der Waals surface area contributed by atoms with Crippen molar-refractivity contribution in [2.24, 2.45) is 0 Å². The molecule has 0 fully saturated rings. The smallest absolute Gasteiger partial charge is 0.133 e. The highest BCUT2D eigenvalue weighted by Crippen LogP contribution is 2.32. The Bertz CT molecular complexity index is 682. The van der Waals surface area contributed by atoms with Gasteiger partial charge in [-0.05, 0) is 37.5 Å². The van der Waals surface area contributed by atoms with Gasteiger partial charge in [-0.3, -0.25) is 4.57 Å². The number of aromatic nitrogens is 2. The average molecular weight is 281 g/mol. The fraction of sp³-hybridized carbons (Fsp3) is 0.389. The summed E-state index contributed by atoms with van der Waals surface area (Å²) >= 11 is 0. The molecule has 2 aromatic rings. The Morgan fingerprint density at radius 2 is 2.10 bits per heavy atom. The van der Waals surface area contributed by atoms with Gasteiger partial charge in [0.1, 0.15) is 5.82 Å². The molecule has 1 aromatic carbocycles. The van der Waals surface area contributed by atoms with E-state index in [2.05, 4.69) is 60.0 Å². The van der Waals surface area contributed by atoms with Gasteiger partial charge in [0.05, 0.1) is 12.2 Å². The monoisotopic (exact) mass is 281 g/mol. The lowest BCUT2D eigenvalue weighted by molar-refractivity contribution is 0.382. The number of hydrogen-bond acceptors (Lipinski definition) is 2. The molecule has 0 radical (unpaired) electrons. The third-order valence-corrected chi connectivity index (χ3v) is 4.24. The van der Waals surface area contributed by atoms with Crippen LogP contribution in [0.5, 0.6) is 0 Å². The zero-order valence-electron chi connectivity index (χ0n) is 13.2. The van der Waals surface area contributed by atoms with Gasteiger partial charge in [-0.1, -0.05) is 26.5 Å². The van der Waals surface area contributed by atoms with Gasteiger partial charge in [0, 0.05) is 29.7 Å². The Kier molecular flexibility index (Phi) is 3.58. The second-order valence-corrected chi connectivity index (χ2v) is 5.72. The zero-order chi connectivity index (χ0) is 15.0. The van der Waals surface area contributed by atoms with Gasteiger partial charge in [0.15, 0.2) is 0 Å². The molecule has 1 aliphatic rings. The van der Waals surface area contributed by atoms with Crippen molar-refractivity contribution >= 4 is 5.70 Å². The minimum Gasteiger partial charge on any atom is -0.364 e. The van der Waals surface area contributed by atoms with Crippen LogP contribution in [0, 0.1) is 6.92 Å². The lowest BCUT2D eigenvalue weighted by Gasteiger charge is -2.24. The van der Waals surface area contributed by atoms with Crippen molar-refractivity contribution in [1.29, 1.82) is 0 Å². The number of fused-ring (bicyclic) bond motifs is 3. The topological polar surface area (TPSA) is 21.1 Å². The summed E-state index contributed by atoms with van der Waals surface area (Å²) in [5, 5.41) is 0. The molecule has 0 aliphatic carbocycles. The molecule has 0 saturated heterocycles. The van der Waals surface area contributed by atoms with Gasteiger partial charge in [-0.2, -0.15) is 0 Å². The summed E-state index contributed by atoms with van der Waals surface area (Å²) in [6, 6.07) is 6.71. The number of benzene rings is 1. The maximum atomic E-state index is 4.60. The molecule has 110 valence electrons. The Labute approximate surface area is 126 Å². The summed E-state index contributed by atoms with van der Waals surface area (Å²) in [6.45, 7) is 12.7. The quantitative estimate of drug-likeness (QED) is 0.849. The standard InChI is InChI=1S/C18H23N3/c1-5-9-20-12-18-19-11-13(3)21(18)17-8-7-15(6-2)10-16(17)14(20)4/h7-8,10-11H,4-6,9,12H2,1-3H3. The molecule has 3 rings (SSSR count). The maximum Gasteiger partial charge on any atom is 0.133 e. The SMILES string of the molecule is C=C1c2cc(CC)ccc2-n2c(C)cnc2CN1CCC.